The third-order valence-electron chi connectivity index (χ3n) is 3.18. The molecule has 1 fully saturated rings. The molecule has 2 rings (SSSR count). The number of thiazole rings is 1. The van der Waals surface area contributed by atoms with E-state index >= 15 is 0 Å². The highest BCUT2D eigenvalue weighted by Gasteiger charge is 2.30. The summed E-state index contributed by atoms with van der Waals surface area (Å²) in [5.74, 6) is 0.0787. The van der Waals surface area contributed by atoms with E-state index in [1.165, 1.54) is 0 Å². The van der Waals surface area contributed by atoms with E-state index in [0.29, 0.717) is 13.2 Å². The van der Waals surface area contributed by atoms with E-state index < -0.39 is 0 Å². The molecule has 1 aromatic rings. The van der Waals surface area contributed by atoms with Gasteiger partial charge in [-0.2, -0.15) is 0 Å². The number of carbonyl (C=O) groups excluding carboxylic acids is 1. The molecule has 1 aliphatic heterocycles. The summed E-state index contributed by atoms with van der Waals surface area (Å²) in [6, 6.07) is -0.239. The second-order valence-corrected chi connectivity index (χ2v) is 5.50. The molecule has 2 heterocycles. The van der Waals surface area contributed by atoms with Gasteiger partial charge >= 0.3 is 0 Å². The number of nitrogens with zero attached hydrogens (tertiary/aromatic N) is 2. The number of amides is 1. The zero-order chi connectivity index (χ0) is 13.1. The van der Waals surface area contributed by atoms with Crippen LogP contribution in [0.1, 0.15) is 17.5 Å². The van der Waals surface area contributed by atoms with Crippen LogP contribution in [0.2, 0.25) is 0 Å². The molecule has 0 aromatic carbocycles. The van der Waals surface area contributed by atoms with Gasteiger partial charge in [0.15, 0.2) is 0 Å². The molecule has 2 atom stereocenters. The van der Waals surface area contributed by atoms with Crippen LogP contribution >= 0.6 is 36.2 Å². The van der Waals surface area contributed by atoms with E-state index in [1.807, 2.05) is 26.4 Å². The van der Waals surface area contributed by atoms with Crippen molar-refractivity contribution in [1.82, 2.24) is 15.2 Å². The number of ether oxygens (including phenoxy) is 1. The summed E-state index contributed by atoms with van der Waals surface area (Å²) >= 11 is 1.59. The third kappa shape index (κ3) is 4.56. The summed E-state index contributed by atoms with van der Waals surface area (Å²) in [5.41, 5.74) is 2.81. The molecule has 0 unspecified atom stereocenters. The molecule has 116 valence electrons. The molecule has 5 nitrogen and oxygen atoms in total. The highest BCUT2D eigenvalue weighted by atomic mass is 35.5. The fourth-order valence-electron chi connectivity index (χ4n) is 2.02. The van der Waals surface area contributed by atoms with Gasteiger partial charge in [-0.15, -0.1) is 36.2 Å². The molecule has 8 heteroatoms. The molecule has 1 aromatic heterocycles. The van der Waals surface area contributed by atoms with E-state index in [4.69, 9.17) is 4.74 Å². The van der Waals surface area contributed by atoms with Crippen molar-refractivity contribution in [3.05, 3.63) is 16.1 Å². The van der Waals surface area contributed by atoms with Crippen molar-refractivity contribution >= 4 is 42.1 Å². The Balaban J connectivity index is 0.00000180. The number of hydrogen-bond donors (Lipinski definition) is 1. The molecule has 0 bridgehead atoms. The first-order valence-corrected chi connectivity index (χ1v) is 6.96. The van der Waals surface area contributed by atoms with Crippen LogP contribution in [0.5, 0.6) is 0 Å². The summed E-state index contributed by atoms with van der Waals surface area (Å²) in [5, 5.41) is 3.22. The standard InChI is InChI=1S/C12H19N3O2S.2ClH/c1-8-10(18-7-14-8)6-15(3)12(16)11-9(2)17-5-4-13-11;;/h7,9,11,13H,4-6H2,1-3H3;2*1H/t9-,11+;;/m1../s1. The maximum Gasteiger partial charge on any atom is 0.242 e. The van der Waals surface area contributed by atoms with Gasteiger partial charge in [0, 0.05) is 18.5 Å². The predicted molar refractivity (Wildman–Crippen MR) is 85.0 cm³/mol. The molecular formula is C12H21Cl2N3O2S. The number of aryl methyl sites for hydroxylation is 1. The SMILES string of the molecule is Cc1ncsc1CN(C)C(=O)[C@H]1NCCO[C@@H]1C.Cl.Cl. The average Bonchev–Trinajstić information content (AvgIpc) is 2.75. The number of rotatable bonds is 3. The number of morpholine rings is 1. The van der Waals surface area contributed by atoms with Crippen LogP contribution in [0, 0.1) is 6.92 Å². The van der Waals surface area contributed by atoms with Crippen LogP contribution in [-0.2, 0) is 16.1 Å². The van der Waals surface area contributed by atoms with Crippen molar-refractivity contribution in [1.29, 1.82) is 0 Å². The van der Waals surface area contributed by atoms with E-state index in [1.54, 1.807) is 16.2 Å². The smallest absolute Gasteiger partial charge is 0.242 e. The van der Waals surface area contributed by atoms with Crippen LogP contribution < -0.4 is 5.32 Å². The van der Waals surface area contributed by atoms with E-state index in [0.717, 1.165) is 17.1 Å². The molecule has 1 saturated heterocycles. The Labute approximate surface area is 135 Å². The van der Waals surface area contributed by atoms with Crippen LogP contribution in [0.3, 0.4) is 0 Å². The second kappa shape index (κ2) is 8.79. The normalized spacial score (nSPS) is 21.6. The maximum atomic E-state index is 12.3. The quantitative estimate of drug-likeness (QED) is 0.907. The minimum atomic E-state index is -0.239. The largest absolute Gasteiger partial charge is 0.375 e. The van der Waals surface area contributed by atoms with Gasteiger partial charge in [-0.05, 0) is 13.8 Å². The lowest BCUT2D eigenvalue weighted by atomic mass is 10.1. The van der Waals surface area contributed by atoms with E-state index in [-0.39, 0.29) is 42.9 Å². The summed E-state index contributed by atoms with van der Waals surface area (Å²) < 4.78 is 5.50. The monoisotopic (exact) mass is 341 g/mol. The molecule has 0 saturated carbocycles. The number of aromatic nitrogens is 1. The highest BCUT2D eigenvalue weighted by molar-refractivity contribution is 7.09. The van der Waals surface area contributed by atoms with Crippen LogP contribution in [0.15, 0.2) is 5.51 Å². The fraction of sp³-hybridized carbons (Fsp3) is 0.667. The number of likely N-dealkylation sites (N-methyl/N-ethyl adjacent to an activating group) is 1. The molecule has 0 radical (unpaired) electrons. The summed E-state index contributed by atoms with van der Waals surface area (Å²) in [6.07, 6.45) is -0.0729. The molecule has 1 aliphatic rings. The average molecular weight is 342 g/mol. The second-order valence-electron chi connectivity index (χ2n) is 4.56. The lowest BCUT2D eigenvalue weighted by molar-refractivity contribution is -0.138. The van der Waals surface area contributed by atoms with Gasteiger partial charge in [0.2, 0.25) is 5.91 Å². The summed E-state index contributed by atoms with van der Waals surface area (Å²) in [7, 11) is 1.82. The van der Waals surface area contributed by atoms with Gasteiger partial charge in [-0.25, -0.2) is 4.98 Å². The van der Waals surface area contributed by atoms with Crippen molar-refractivity contribution < 1.29 is 9.53 Å². The van der Waals surface area contributed by atoms with Crippen LogP contribution in [0.25, 0.3) is 0 Å². The first-order chi connectivity index (χ1) is 8.59. The predicted octanol–water partition coefficient (Wildman–Crippen LogP) is 1.63. The molecule has 1 N–H and O–H groups in total. The van der Waals surface area contributed by atoms with E-state index in [9.17, 15) is 4.79 Å². The van der Waals surface area contributed by atoms with Crippen molar-refractivity contribution in [3.8, 4) is 0 Å². The first kappa shape index (κ1) is 19.6. The van der Waals surface area contributed by atoms with Gasteiger partial charge in [-0.3, -0.25) is 4.79 Å². The van der Waals surface area contributed by atoms with Gasteiger partial charge in [-0.1, -0.05) is 0 Å². The lowest BCUT2D eigenvalue weighted by Crippen LogP contribution is -2.55. The molecule has 0 aliphatic carbocycles. The van der Waals surface area contributed by atoms with Gasteiger partial charge < -0.3 is 15.0 Å². The zero-order valence-corrected chi connectivity index (χ0v) is 14.2. The highest BCUT2D eigenvalue weighted by Crippen LogP contribution is 2.15. The van der Waals surface area contributed by atoms with Crippen molar-refractivity contribution in [2.75, 3.05) is 20.2 Å². The van der Waals surface area contributed by atoms with Crippen LogP contribution in [-0.4, -0.2) is 48.1 Å². The van der Waals surface area contributed by atoms with E-state index in [2.05, 4.69) is 10.3 Å². The Hall–Kier alpha value is -0.400. The maximum absolute atomic E-state index is 12.3. The van der Waals surface area contributed by atoms with Gasteiger partial charge in [0.1, 0.15) is 6.04 Å². The molecule has 20 heavy (non-hydrogen) atoms. The number of nitrogens with one attached hydrogen (secondary N) is 1. The first-order valence-electron chi connectivity index (χ1n) is 6.08. The third-order valence-corrected chi connectivity index (χ3v) is 4.10. The summed E-state index contributed by atoms with van der Waals surface area (Å²) in [6.45, 7) is 5.91. The van der Waals surface area contributed by atoms with Crippen molar-refractivity contribution in [2.45, 2.75) is 32.5 Å². The van der Waals surface area contributed by atoms with Crippen LogP contribution in [0.4, 0.5) is 0 Å². The summed E-state index contributed by atoms with van der Waals surface area (Å²) in [4.78, 5) is 19.4. The number of carbonyl (C=O) groups is 1. The Morgan fingerprint density at radius 3 is 2.85 bits per heavy atom. The van der Waals surface area contributed by atoms with Gasteiger partial charge in [0.25, 0.3) is 0 Å². The van der Waals surface area contributed by atoms with Gasteiger partial charge in [0.05, 0.1) is 30.5 Å². The minimum absolute atomic E-state index is 0. The zero-order valence-electron chi connectivity index (χ0n) is 11.8. The molecular weight excluding hydrogens is 321 g/mol. The number of halogens is 2. The minimum Gasteiger partial charge on any atom is -0.375 e. The van der Waals surface area contributed by atoms with Crippen molar-refractivity contribution in [2.24, 2.45) is 0 Å². The molecule has 0 spiro atoms. The Kier molecular flexibility index (Phi) is 8.62. The van der Waals surface area contributed by atoms with Crippen molar-refractivity contribution in [3.63, 3.8) is 0 Å². The molecule has 1 amide bonds. The topological polar surface area (TPSA) is 54.5 Å². The number of hydrogen-bond acceptors (Lipinski definition) is 5. The Morgan fingerprint density at radius 2 is 2.30 bits per heavy atom. The Bertz CT molecular complexity index is 431. The fourth-order valence-corrected chi connectivity index (χ4v) is 2.85. The lowest BCUT2D eigenvalue weighted by Gasteiger charge is -2.32. The Morgan fingerprint density at radius 1 is 1.60 bits per heavy atom.